The summed E-state index contributed by atoms with van der Waals surface area (Å²) in [4.78, 5) is 20.8. The van der Waals surface area contributed by atoms with Crippen LogP contribution in [0.1, 0.15) is 24.7 Å². The molecular formula is C31H26N4O3. The van der Waals surface area contributed by atoms with Gasteiger partial charge in [-0.2, -0.15) is 0 Å². The van der Waals surface area contributed by atoms with Gasteiger partial charge in [0.2, 0.25) is 0 Å². The summed E-state index contributed by atoms with van der Waals surface area (Å²) in [6, 6.07) is 27.6. The molecule has 3 aromatic heterocycles. The van der Waals surface area contributed by atoms with Crippen LogP contribution in [0, 0.1) is 0 Å². The molecule has 3 heterocycles. The molecule has 1 N–H and O–H groups in total. The van der Waals surface area contributed by atoms with Gasteiger partial charge in [0.25, 0.3) is 0 Å². The Hall–Kier alpha value is -4.91. The predicted octanol–water partition coefficient (Wildman–Crippen LogP) is 7.08. The number of hydrogen-bond acceptors (Lipinski definition) is 4. The first-order chi connectivity index (χ1) is 18.6. The fourth-order valence-corrected chi connectivity index (χ4v) is 4.86. The van der Waals surface area contributed by atoms with E-state index in [2.05, 4.69) is 41.8 Å². The highest BCUT2D eigenvalue weighted by Gasteiger charge is 2.14. The zero-order valence-electron chi connectivity index (χ0n) is 20.9. The summed E-state index contributed by atoms with van der Waals surface area (Å²) in [5.74, 6) is 1.37. The maximum atomic E-state index is 11.1. The van der Waals surface area contributed by atoms with Gasteiger partial charge in [0.1, 0.15) is 17.2 Å². The molecule has 188 valence electrons. The average Bonchev–Trinajstić information content (AvgIpc) is 3.51. The molecule has 3 aromatic carbocycles. The van der Waals surface area contributed by atoms with Gasteiger partial charge in [-0.1, -0.05) is 61.5 Å². The van der Waals surface area contributed by atoms with Crippen molar-refractivity contribution in [3.63, 3.8) is 0 Å². The molecule has 7 heteroatoms. The Morgan fingerprint density at radius 1 is 0.921 bits per heavy atom. The summed E-state index contributed by atoms with van der Waals surface area (Å²) in [7, 11) is 0. The van der Waals surface area contributed by atoms with Crippen LogP contribution in [-0.2, 0) is 13.0 Å². The largest absolute Gasteiger partial charge is 0.511 e. The first-order valence-electron chi connectivity index (χ1n) is 12.6. The van der Waals surface area contributed by atoms with E-state index in [-0.39, 0.29) is 0 Å². The van der Waals surface area contributed by atoms with Crippen molar-refractivity contribution in [1.82, 2.24) is 18.9 Å². The van der Waals surface area contributed by atoms with Crippen LogP contribution in [0.25, 0.3) is 39.1 Å². The lowest BCUT2D eigenvalue weighted by Gasteiger charge is -2.11. The lowest BCUT2D eigenvalue weighted by atomic mass is 10.0. The Morgan fingerprint density at radius 2 is 1.71 bits per heavy atom. The van der Waals surface area contributed by atoms with Crippen molar-refractivity contribution in [2.75, 3.05) is 0 Å². The third-order valence-electron chi connectivity index (χ3n) is 6.65. The van der Waals surface area contributed by atoms with Crippen molar-refractivity contribution in [1.29, 1.82) is 0 Å². The molecule has 0 atom stereocenters. The number of fused-ring (bicyclic) bond motifs is 2. The van der Waals surface area contributed by atoms with E-state index in [4.69, 9.17) is 19.8 Å². The summed E-state index contributed by atoms with van der Waals surface area (Å²) in [5.41, 5.74) is 7.69. The zero-order valence-corrected chi connectivity index (χ0v) is 20.9. The molecule has 38 heavy (non-hydrogen) atoms. The number of carbonyl (C=O) groups is 1. The molecule has 0 bridgehead atoms. The van der Waals surface area contributed by atoms with E-state index in [0.717, 1.165) is 63.3 Å². The number of pyridine rings is 1. The van der Waals surface area contributed by atoms with Crippen molar-refractivity contribution in [2.45, 2.75) is 26.3 Å². The second kappa shape index (κ2) is 9.86. The normalized spacial score (nSPS) is 11.3. The third-order valence-corrected chi connectivity index (χ3v) is 6.65. The van der Waals surface area contributed by atoms with E-state index in [9.17, 15) is 4.79 Å². The molecule has 0 saturated carbocycles. The van der Waals surface area contributed by atoms with Crippen LogP contribution in [0.3, 0.4) is 0 Å². The summed E-state index contributed by atoms with van der Waals surface area (Å²) >= 11 is 0. The number of aromatic nitrogens is 4. The van der Waals surface area contributed by atoms with Crippen LogP contribution in [0.4, 0.5) is 4.79 Å². The third kappa shape index (κ3) is 4.50. The summed E-state index contributed by atoms with van der Waals surface area (Å²) < 4.78 is 9.27. The van der Waals surface area contributed by atoms with Crippen molar-refractivity contribution >= 4 is 22.8 Å². The van der Waals surface area contributed by atoms with Gasteiger partial charge in [-0.15, -0.1) is 0 Å². The van der Waals surface area contributed by atoms with Crippen LogP contribution >= 0.6 is 0 Å². The summed E-state index contributed by atoms with van der Waals surface area (Å²) in [6.07, 6.45) is 4.61. The van der Waals surface area contributed by atoms with Crippen molar-refractivity contribution in [2.24, 2.45) is 0 Å². The van der Waals surface area contributed by atoms with Crippen LogP contribution in [0.15, 0.2) is 97.3 Å². The monoisotopic (exact) mass is 502 g/mol. The first-order valence-corrected chi connectivity index (χ1v) is 12.6. The van der Waals surface area contributed by atoms with Gasteiger partial charge in [-0.25, -0.2) is 14.8 Å². The van der Waals surface area contributed by atoms with Gasteiger partial charge in [0.15, 0.2) is 0 Å². The Labute approximate surface area is 219 Å². The minimum absolute atomic E-state index is 0.319. The average molecular weight is 503 g/mol. The Morgan fingerprint density at radius 3 is 2.50 bits per heavy atom. The molecule has 6 rings (SSSR count). The van der Waals surface area contributed by atoms with Gasteiger partial charge < -0.3 is 18.8 Å². The van der Waals surface area contributed by atoms with Crippen molar-refractivity contribution in [3.8, 4) is 28.1 Å². The number of aryl methyl sites for hydroxylation is 1. The van der Waals surface area contributed by atoms with Gasteiger partial charge in [0.05, 0.1) is 16.7 Å². The van der Waals surface area contributed by atoms with Gasteiger partial charge in [0, 0.05) is 36.5 Å². The van der Waals surface area contributed by atoms with Crippen LogP contribution in [-0.4, -0.2) is 30.2 Å². The van der Waals surface area contributed by atoms with E-state index >= 15 is 0 Å². The maximum Gasteiger partial charge on any atom is 0.511 e. The topological polar surface area (TPSA) is 81.7 Å². The van der Waals surface area contributed by atoms with Gasteiger partial charge in [-0.05, 0) is 47.9 Å². The smallest absolute Gasteiger partial charge is 0.449 e. The Kier molecular flexibility index (Phi) is 6.09. The van der Waals surface area contributed by atoms with Crippen molar-refractivity contribution < 1.29 is 14.6 Å². The Balaban J connectivity index is 1.32. The number of hydrogen-bond donors (Lipinski definition) is 1. The quantitative estimate of drug-likeness (QED) is 0.186. The molecular weight excluding hydrogens is 476 g/mol. The SMILES string of the molecule is CCCc1nc2cc(-c3cn4ccccc4n3)ccc2n1Cc1ccc(-c2ccccc2OC(=O)O)cc1. The minimum Gasteiger partial charge on any atom is -0.449 e. The fraction of sp³-hybridized carbons (Fsp3) is 0.129. The predicted molar refractivity (Wildman–Crippen MR) is 148 cm³/mol. The number of ether oxygens (including phenoxy) is 1. The molecule has 0 aliphatic carbocycles. The van der Waals surface area contributed by atoms with E-state index in [0.29, 0.717) is 12.3 Å². The maximum absolute atomic E-state index is 11.1. The molecule has 7 nitrogen and oxygen atoms in total. The minimum atomic E-state index is -1.33. The van der Waals surface area contributed by atoms with Crippen LogP contribution in [0.2, 0.25) is 0 Å². The van der Waals surface area contributed by atoms with E-state index in [1.54, 1.807) is 12.1 Å². The lowest BCUT2D eigenvalue weighted by Crippen LogP contribution is -2.05. The highest BCUT2D eigenvalue weighted by atomic mass is 16.7. The van der Waals surface area contributed by atoms with E-state index < -0.39 is 6.16 Å². The first kappa shape index (κ1) is 23.5. The van der Waals surface area contributed by atoms with Crippen LogP contribution in [0.5, 0.6) is 5.75 Å². The Bertz CT molecular complexity index is 1730. The molecule has 0 unspecified atom stereocenters. The standard InChI is InChI=1S/C31H26N4O3/c1-2-7-30-32-25-18-23(26-20-34-17-6-5-10-29(34)33-26)15-16-27(25)35(30)19-21-11-13-22(14-12-21)24-8-3-4-9-28(24)38-31(36)37/h3-6,8-18,20H,2,7,19H2,1H3,(H,36,37). The fourth-order valence-electron chi connectivity index (χ4n) is 4.86. The number of carboxylic acid groups (broad SMARTS) is 1. The molecule has 6 aromatic rings. The molecule has 0 amide bonds. The number of imidazole rings is 2. The highest BCUT2D eigenvalue weighted by molar-refractivity contribution is 5.82. The summed E-state index contributed by atoms with van der Waals surface area (Å²) in [6.45, 7) is 2.85. The number of para-hydroxylation sites is 1. The highest BCUT2D eigenvalue weighted by Crippen LogP contribution is 2.31. The zero-order chi connectivity index (χ0) is 26.1. The lowest BCUT2D eigenvalue weighted by molar-refractivity contribution is 0.144. The van der Waals surface area contributed by atoms with E-state index in [1.807, 2.05) is 59.3 Å². The molecule has 0 spiro atoms. The second-order valence-electron chi connectivity index (χ2n) is 9.22. The van der Waals surface area contributed by atoms with Gasteiger partial charge >= 0.3 is 6.16 Å². The number of nitrogens with zero attached hydrogens (tertiary/aromatic N) is 4. The second-order valence-corrected chi connectivity index (χ2v) is 9.22. The van der Waals surface area contributed by atoms with E-state index in [1.165, 1.54) is 0 Å². The number of rotatable bonds is 7. The molecule has 0 aliphatic heterocycles. The van der Waals surface area contributed by atoms with Gasteiger partial charge in [-0.3, -0.25) is 0 Å². The van der Waals surface area contributed by atoms with Crippen LogP contribution < -0.4 is 4.74 Å². The van der Waals surface area contributed by atoms with Crippen molar-refractivity contribution in [3.05, 3.63) is 109 Å². The summed E-state index contributed by atoms with van der Waals surface area (Å²) in [5, 5.41) is 9.06. The molecule has 0 aliphatic rings. The molecule has 0 saturated heterocycles. The molecule has 0 radical (unpaired) electrons. The number of benzene rings is 3. The molecule has 0 fully saturated rings.